The molecule has 0 spiro atoms. The number of alkyl halides is 2. The molecule has 2 aromatic rings. The first-order chi connectivity index (χ1) is 9.32. The average Bonchev–Trinajstić information content (AvgIpc) is 2.84. The van der Waals surface area contributed by atoms with E-state index in [1.54, 1.807) is 0 Å². The van der Waals surface area contributed by atoms with E-state index in [2.05, 4.69) is 15.3 Å². The summed E-state index contributed by atoms with van der Waals surface area (Å²) < 4.78 is 26.4. The minimum absolute atomic E-state index is 0.0259. The zero-order valence-electron chi connectivity index (χ0n) is 10.7. The van der Waals surface area contributed by atoms with E-state index in [-0.39, 0.29) is 17.1 Å². The Bertz CT molecular complexity index is 748. The van der Waals surface area contributed by atoms with E-state index >= 15 is 0 Å². The van der Waals surface area contributed by atoms with Gasteiger partial charge in [-0.2, -0.15) is 4.98 Å². The number of rotatable bonds is 4. The molecule has 20 heavy (non-hydrogen) atoms. The molecule has 0 fully saturated rings. The molecule has 10 heteroatoms. The highest BCUT2D eigenvalue weighted by Gasteiger charge is 2.18. The maximum atomic E-state index is 12.2. The molecule has 1 atom stereocenters. The lowest BCUT2D eigenvalue weighted by Gasteiger charge is -2.09. The molecule has 0 bridgehead atoms. The van der Waals surface area contributed by atoms with E-state index in [1.807, 2.05) is 0 Å². The highest BCUT2D eigenvalue weighted by atomic mass is 19.3. The number of fused-ring (bicyclic) bond motifs is 1. The lowest BCUT2D eigenvalue weighted by atomic mass is 10.4. The zero-order valence-corrected chi connectivity index (χ0v) is 10.7. The number of imidazole rings is 1. The Labute approximate surface area is 110 Å². The number of anilines is 1. The number of aliphatic hydroxyl groups excluding tert-OH is 1. The minimum atomic E-state index is -2.89. The normalized spacial score (nSPS) is 13.1. The van der Waals surface area contributed by atoms with Crippen molar-refractivity contribution in [3.05, 3.63) is 20.8 Å². The van der Waals surface area contributed by atoms with Gasteiger partial charge in [-0.3, -0.25) is 13.9 Å². The van der Waals surface area contributed by atoms with Gasteiger partial charge in [-0.05, 0) is 0 Å². The lowest BCUT2D eigenvalue weighted by Crippen LogP contribution is -2.36. The van der Waals surface area contributed by atoms with Gasteiger partial charge in [-0.1, -0.05) is 0 Å². The highest BCUT2D eigenvalue weighted by molar-refractivity contribution is 5.72. The molecular weight excluding hydrogens is 276 g/mol. The van der Waals surface area contributed by atoms with E-state index in [0.29, 0.717) is 0 Å². The molecule has 0 aromatic carbocycles. The van der Waals surface area contributed by atoms with Gasteiger partial charge in [0.2, 0.25) is 5.95 Å². The van der Waals surface area contributed by atoms with Crippen LogP contribution in [0.1, 0.15) is 0 Å². The molecule has 0 aliphatic heterocycles. The van der Waals surface area contributed by atoms with Crippen LogP contribution in [0.15, 0.2) is 9.59 Å². The summed E-state index contributed by atoms with van der Waals surface area (Å²) >= 11 is 0. The van der Waals surface area contributed by atoms with Crippen molar-refractivity contribution in [1.29, 1.82) is 0 Å². The van der Waals surface area contributed by atoms with Crippen molar-refractivity contribution in [3.8, 4) is 0 Å². The number of aromatic nitrogens is 4. The van der Waals surface area contributed by atoms with Gasteiger partial charge in [0.15, 0.2) is 11.2 Å². The summed E-state index contributed by atoms with van der Waals surface area (Å²) in [5.74, 6) is 0.0259. The molecule has 8 nitrogen and oxygen atoms in total. The van der Waals surface area contributed by atoms with Gasteiger partial charge < -0.3 is 15.4 Å². The first-order valence-electron chi connectivity index (χ1n) is 5.68. The maximum absolute atomic E-state index is 12.2. The predicted molar refractivity (Wildman–Crippen MR) is 67.1 cm³/mol. The second-order valence-electron chi connectivity index (χ2n) is 4.27. The summed E-state index contributed by atoms with van der Waals surface area (Å²) in [4.78, 5) is 30.1. The van der Waals surface area contributed by atoms with E-state index < -0.39 is 30.3 Å². The van der Waals surface area contributed by atoms with Crippen LogP contribution < -0.4 is 16.6 Å². The Balaban J connectivity index is 2.40. The molecule has 0 aliphatic rings. The number of hydrogen-bond acceptors (Lipinski definition) is 5. The Hall–Kier alpha value is -2.23. The van der Waals surface area contributed by atoms with Crippen LogP contribution in [0, 0.1) is 0 Å². The second kappa shape index (κ2) is 5.04. The molecule has 110 valence electrons. The first-order valence-corrected chi connectivity index (χ1v) is 5.68. The quantitative estimate of drug-likeness (QED) is 0.669. The van der Waals surface area contributed by atoms with E-state index in [0.717, 1.165) is 9.13 Å². The molecule has 2 aromatic heterocycles. The Morgan fingerprint density at radius 1 is 1.35 bits per heavy atom. The van der Waals surface area contributed by atoms with Crippen molar-refractivity contribution in [2.45, 2.75) is 12.5 Å². The molecule has 2 rings (SSSR count). The van der Waals surface area contributed by atoms with Crippen molar-refractivity contribution in [3.63, 3.8) is 0 Å². The number of nitrogens with one attached hydrogen (secondary N) is 2. The monoisotopic (exact) mass is 289 g/mol. The van der Waals surface area contributed by atoms with Gasteiger partial charge >= 0.3 is 5.69 Å². The fourth-order valence-corrected chi connectivity index (χ4v) is 1.70. The van der Waals surface area contributed by atoms with Crippen LogP contribution in [0.5, 0.6) is 0 Å². The third kappa shape index (κ3) is 2.29. The SMILES string of the molecule is Cn1c(=O)c2[nH]c(NCC(O)C(F)F)nc2n(C)c1=O. The smallest absolute Gasteiger partial charge is 0.332 e. The second-order valence-corrected chi connectivity index (χ2v) is 4.27. The third-order valence-electron chi connectivity index (χ3n) is 2.86. The molecule has 0 amide bonds. The van der Waals surface area contributed by atoms with Crippen LogP contribution in [-0.4, -0.2) is 43.3 Å². The molecule has 0 saturated heterocycles. The van der Waals surface area contributed by atoms with Gasteiger partial charge in [0.05, 0.1) is 0 Å². The molecule has 0 radical (unpaired) electrons. The standard InChI is InChI=1S/C10H13F2N5O3/c1-16-7-5(8(19)17(2)10(16)20)14-9(15-7)13-3-4(18)6(11)12/h4,6,18H,3H2,1-2H3,(H2,13,14,15). The van der Waals surface area contributed by atoms with Crippen LogP contribution in [-0.2, 0) is 14.1 Å². The van der Waals surface area contributed by atoms with Crippen molar-refractivity contribution in [2.75, 3.05) is 11.9 Å². The van der Waals surface area contributed by atoms with Crippen LogP contribution >= 0.6 is 0 Å². The summed E-state index contributed by atoms with van der Waals surface area (Å²) in [6, 6.07) is 0. The molecule has 0 aliphatic carbocycles. The topological polar surface area (TPSA) is 105 Å². The number of nitrogens with zero attached hydrogens (tertiary/aromatic N) is 3. The highest BCUT2D eigenvalue weighted by Crippen LogP contribution is 2.09. The summed E-state index contributed by atoms with van der Waals surface area (Å²) in [6.07, 6.45) is -4.74. The van der Waals surface area contributed by atoms with Crippen LogP contribution in [0.4, 0.5) is 14.7 Å². The molecule has 0 saturated carbocycles. The van der Waals surface area contributed by atoms with Crippen LogP contribution in [0.3, 0.4) is 0 Å². The summed E-state index contributed by atoms with van der Waals surface area (Å²) in [7, 11) is 2.75. The number of H-pyrrole nitrogens is 1. The number of aliphatic hydroxyl groups is 1. The Morgan fingerprint density at radius 2 is 2.00 bits per heavy atom. The van der Waals surface area contributed by atoms with Crippen LogP contribution in [0.25, 0.3) is 11.2 Å². The minimum Gasteiger partial charge on any atom is -0.385 e. The number of hydrogen-bond donors (Lipinski definition) is 3. The van der Waals surface area contributed by atoms with Gasteiger partial charge in [-0.25, -0.2) is 13.6 Å². The number of halogens is 2. The molecule has 2 heterocycles. The Morgan fingerprint density at radius 3 is 2.60 bits per heavy atom. The summed E-state index contributed by atoms with van der Waals surface area (Å²) in [5.41, 5.74) is -0.943. The fraction of sp³-hybridized carbons (Fsp3) is 0.500. The van der Waals surface area contributed by atoms with Crippen molar-refractivity contribution < 1.29 is 13.9 Å². The van der Waals surface area contributed by atoms with Crippen molar-refractivity contribution in [1.82, 2.24) is 19.1 Å². The largest absolute Gasteiger partial charge is 0.385 e. The lowest BCUT2D eigenvalue weighted by molar-refractivity contribution is 0.00377. The molecule has 3 N–H and O–H groups in total. The maximum Gasteiger partial charge on any atom is 0.332 e. The first kappa shape index (κ1) is 14.2. The van der Waals surface area contributed by atoms with Crippen LogP contribution in [0.2, 0.25) is 0 Å². The summed E-state index contributed by atoms with van der Waals surface area (Å²) in [6.45, 7) is -0.439. The van der Waals surface area contributed by atoms with Gasteiger partial charge in [-0.15, -0.1) is 0 Å². The average molecular weight is 289 g/mol. The molecule has 1 unspecified atom stereocenters. The van der Waals surface area contributed by atoms with E-state index in [1.165, 1.54) is 14.1 Å². The van der Waals surface area contributed by atoms with Gasteiger partial charge in [0, 0.05) is 20.6 Å². The van der Waals surface area contributed by atoms with Crippen molar-refractivity contribution in [2.24, 2.45) is 14.1 Å². The van der Waals surface area contributed by atoms with E-state index in [4.69, 9.17) is 5.11 Å². The number of aromatic amines is 1. The fourth-order valence-electron chi connectivity index (χ4n) is 1.70. The van der Waals surface area contributed by atoms with Crippen molar-refractivity contribution >= 4 is 17.1 Å². The van der Waals surface area contributed by atoms with Gasteiger partial charge in [0.1, 0.15) is 6.10 Å². The van der Waals surface area contributed by atoms with E-state index in [9.17, 15) is 18.4 Å². The zero-order chi connectivity index (χ0) is 15.0. The third-order valence-corrected chi connectivity index (χ3v) is 2.86. The molecular formula is C10H13F2N5O3. The van der Waals surface area contributed by atoms with Gasteiger partial charge in [0.25, 0.3) is 12.0 Å². The predicted octanol–water partition coefficient (Wildman–Crippen LogP) is -1.00. The number of aryl methyl sites for hydroxylation is 1. The summed E-state index contributed by atoms with van der Waals surface area (Å²) in [5, 5.41) is 11.4. The Kier molecular flexibility index (Phi) is 3.57.